The van der Waals surface area contributed by atoms with Crippen LogP contribution in [0.25, 0.3) is 21.8 Å². The number of aromatic nitrogens is 6. The van der Waals surface area contributed by atoms with E-state index in [2.05, 4.69) is 37.7 Å². The van der Waals surface area contributed by atoms with E-state index in [0.717, 1.165) is 39.7 Å². The van der Waals surface area contributed by atoms with Gasteiger partial charge in [0.2, 0.25) is 0 Å². The molecule has 6 aromatic rings. The highest BCUT2D eigenvalue weighted by Gasteiger charge is 2.04. The number of aryl methyl sites for hydroxylation is 2. The zero-order chi connectivity index (χ0) is 26.2. The van der Waals surface area contributed by atoms with Gasteiger partial charge in [0.1, 0.15) is 0 Å². The lowest BCUT2D eigenvalue weighted by molar-refractivity contribution is 0.812. The van der Waals surface area contributed by atoms with Gasteiger partial charge < -0.3 is 18.7 Å². The molecule has 184 valence electrons. The van der Waals surface area contributed by atoms with Crippen molar-refractivity contribution in [3.63, 3.8) is 0 Å². The van der Waals surface area contributed by atoms with Crippen LogP contribution >= 0.6 is 11.6 Å². The van der Waals surface area contributed by atoms with Gasteiger partial charge in [0.25, 0.3) is 0 Å². The van der Waals surface area contributed by atoms with E-state index in [-0.39, 0.29) is 0 Å². The maximum Gasteiger partial charge on any atom is 0.0992 e. The fourth-order valence-corrected chi connectivity index (χ4v) is 3.91. The van der Waals surface area contributed by atoms with E-state index in [1.807, 2.05) is 90.5 Å². The minimum absolute atomic E-state index is 0.501. The number of benzene rings is 2. The summed E-state index contributed by atoms with van der Waals surface area (Å²) < 4.78 is 5.91. The Labute approximate surface area is 219 Å². The van der Waals surface area contributed by atoms with Crippen molar-refractivity contribution in [3.05, 3.63) is 108 Å². The first-order chi connectivity index (χ1) is 18.0. The van der Waals surface area contributed by atoms with E-state index in [1.165, 1.54) is 0 Å². The maximum absolute atomic E-state index is 8.94. The summed E-state index contributed by atoms with van der Waals surface area (Å²) in [5.41, 5.74) is 5.40. The number of rotatable bonds is 3. The summed E-state index contributed by atoms with van der Waals surface area (Å²) in [5, 5.41) is 19.8. The number of H-pyrrole nitrogens is 1. The average molecular weight is 509 g/mol. The summed E-state index contributed by atoms with van der Waals surface area (Å²) in [6.07, 6.45) is 11.3. The van der Waals surface area contributed by atoms with E-state index >= 15 is 0 Å². The molecule has 4 heterocycles. The molecule has 0 fully saturated rings. The number of nitrogens with one attached hydrogen (secondary N) is 1. The summed E-state index contributed by atoms with van der Waals surface area (Å²) >= 11 is 5.46. The molecule has 0 radical (unpaired) electrons. The van der Waals surface area contributed by atoms with Crippen LogP contribution in [-0.4, -0.2) is 28.7 Å². The third-order valence-corrected chi connectivity index (χ3v) is 5.85. The Bertz CT molecular complexity index is 1700. The Morgan fingerprint density at radius 3 is 2.08 bits per heavy atom. The smallest absolute Gasteiger partial charge is 0.0992 e. The van der Waals surface area contributed by atoms with Crippen LogP contribution < -0.4 is 0 Å². The zero-order valence-corrected chi connectivity index (χ0v) is 21.3. The highest BCUT2D eigenvalue weighted by molar-refractivity contribution is 6.16. The molecule has 0 saturated heterocycles. The molecule has 0 bridgehead atoms. The van der Waals surface area contributed by atoms with E-state index in [4.69, 9.17) is 22.1 Å². The molecular weight excluding hydrogens is 484 g/mol. The van der Waals surface area contributed by atoms with Crippen molar-refractivity contribution >= 4 is 33.4 Å². The maximum atomic E-state index is 8.94. The summed E-state index contributed by atoms with van der Waals surface area (Å²) in [4.78, 5) is 11.3. The third kappa shape index (κ3) is 6.46. The Hall–Kier alpha value is -4.79. The molecule has 37 heavy (non-hydrogen) atoms. The molecule has 6 rings (SSSR count). The highest BCUT2D eigenvalue weighted by atomic mass is 35.5. The topological polar surface area (TPSA) is 104 Å². The minimum atomic E-state index is 0.501. The van der Waals surface area contributed by atoms with Gasteiger partial charge in [-0.15, -0.1) is 11.6 Å². The molecule has 0 saturated carbocycles. The SMILES string of the molecule is Cn1cnc(CCl)c1.Cn1cnc(Cn2ccc3ccc(C#N)cc32)c1.N#Cc1ccc2cc[nH]c2c1. The first-order valence-corrected chi connectivity index (χ1v) is 12.0. The van der Waals surface area contributed by atoms with Crippen LogP contribution in [0, 0.1) is 22.7 Å². The van der Waals surface area contributed by atoms with Gasteiger partial charge in [0, 0.05) is 49.9 Å². The van der Waals surface area contributed by atoms with E-state index in [9.17, 15) is 0 Å². The van der Waals surface area contributed by atoms with Crippen LogP contribution in [0.3, 0.4) is 0 Å². The lowest BCUT2D eigenvalue weighted by Gasteiger charge is -2.03. The summed E-state index contributed by atoms with van der Waals surface area (Å²) in [5.74, 6) is 0.501. The monoisotopic (exact) mass is 508 g/mol. The molecule has 2 aromatic carbocycles. The molecule has 0 spiro atoms. The van der Waals surface area contributed by atoms with E-state index in [0.29, 0.717) is 17.0 Å². The normalized spacial score (nSPS) is 10.2. The van der Waals surface area contributed by atoms with Gasteiger partial charge in [-0.3, -0.25) is 0 Å². The lowest BCUT2D eigenvalue weighted by Crippen LogP contribution is -1.98. The minimum Gasteiger partial charge on any atom is -0.361 e. The van der Waals surface area contributed by atoms with Crippen LogP contribution in [0.2, 0.25) is 0 Å². The van der Waals surface area contributed by atoms with Gasteiger partial charge in [0.15, 0.2) is 0 Å². The number of imidazole rings is 2. The molecule has 0 amide bonds. The third-order valence-electron chi connectivity index (χ3n) is 5.57. The largest absolute Gasteiger partial charge is 0.361 e. The average Bonchev–Trinajstić information content (AvgIpc) is 3.72. The molecule has 0 aliphatic rings. The number of nitrogens with zero attached hydrogens (tertiary/aromatic N) is 7. The molecule has 4 aromatic heterocycles. The van der Waals surface area contributed by atoms with Gasteiger partial charge in [-0.25, -0.2) is 9.97 Å². The van der Waals surface area contributed by atoms with Crippen molar-refractivity contribution in [2.24, 2.45) is 14.1 Å². The number of aromatic amines is 1. The number of alkyl halides is 1. The lowest BCUT2D eigenvalue weighted by atomic mass is 10.2. The molecule has 0 unspecified atom stereocenters. The number of hydrogen-bond acceptors (Lipinski definition) is 4. The van der Waals surface area contributed by atoms with Crippen LogP contribution in [0.15, 0.2) is 86.0 Å². The fraction of sp³-hybridized carbons (Fsp3) is 0.143. The fourth-order valence-electron chi connectivity index (χ4n) is 3.77. The Morgan fingerprint density at radius 2 is 1.49 bits per heavy atom. The second-order valence-corrected chi connectivity index (χ2v) is 8.68. The first-order valence-electron chi connectivity index (χ1n) is 11.4. The second kappa shape index (κ2) is 11.8. The van der Waals surface area contributed by atoms with Gasteiger partial charge >= 0.3 is 0 Å². The van der Waals surface area contributed by atoms with Crippen LogP contribution in [0.4, 0.5) is 0 Å². The highest BCUT2D eigenvalue weighted by Crippen LogP contribution is 2.18. The molecular formula is C28H25ClN8. The van der Waals surface area contributed by atoms with Gasteiger partial charge in [-0.05, 0) is 47.2 Å². The van der Waals surface area contributed by atoms with Crippen molar-refractivity contribution in [2.45, 2.75) is 12.4 Å². The van der Waals surface area contributed by atoms with Crippen molar-refractivity contribution in [2.75, 3.05) is 0 Å². The number of hydrogen-bond donors (Lipinski definition) is 1. The van der Waals surface area contributed by atoms with Gasteiger partial charge in [-0.1, -0.05) is 12.1 Å². The molecule has 0 aliphatic heterocycles. The Kier molecular flexibility index (Phi) is 8.05. The van der Waals surface area contributed by atoms with Crippen LogP contribution in [0.1, 0.15) is 22.5 Å². The van der Waals surface area contributed by atoms with Crippen molar-refractivity contribution in [3.8, 4) is 12.1 Å². The van der Waals surface area contributed by atoms with Gasteiger partial charge in [-0.2, -0.15) is 10.5 Å². The molecule has 1 N–H and O–H groups in total. The van der Waals surface area contributed by atoms with E-state index in [1.54, 1.807) is 12.7 Å². The van der Waals surface area contributed by atoms with E-state index < -0.39 is 0 Å². The molecule has 0 aliphatic carbocycles. The zero-order valence-electron chi connectivity index (χ0n) is 20.5. The van der Waals surface area contributed by atoms with Crippen molar-refractivity contribution in [1.29, 1.82) is 10.5 Å². The first kappa shape index (κ1) is 25.3. The van der Waals surface area contributed by atoms with Crippen LogP contribution in [0.5, 0.6) is 0 Å². The van der Waals surface area contributed by atoms with Crippen molar-refractivity contribution < 1.29 is 0 Å². The molecule has 9 heteroatoms. The van der Waals surface area contributed by atoms with Crippen LogP contribution in [-0.2, 0) is 26.5 Å². The summed E-state index contributed by atoms with van der Waals surface area (Å²) in [7, 11) is 3.88. The Balaban J connectivity index is 0.000000143. The number of fused-ring (bicyclic) bond motifs is 2. The molecule has 0 atom stereocenters. The summed E-state index contributed by atoms with van der Waals surface area (Å²) in [6, 6.07) is 19.6. The number of halogens is 1. The standard InChI is InChI=1S/C14H12N4.C9H6N2.C5H7ClN2/c1-17-8-13(16-10-17)9-18-5-4-12-3-2-11(7-15)6-14(12)18;10-6-7-1-2-8-3-4-11-9(8)5-7;1-8-3-5(2-6)7-4-8/h2-6,8,10H,9H2,1H3;1-5,11H;3-4H,2H2,1H3. The quantitative estimate of drug-likeness (QED) is 0.319. The predicted molar refractivity (Wildman–Crippen MR) is 145 cm³/mol. The number of nitriles is 2. The second-order valence-electron chi connectivity index (χ2n) is 8.42. The Morgan fingerprint density at radius 1 is 0.838 bits per heavy atom. The van der Waals surface area contributed by atoms with Gasteiger partial charge in [0.05, 0.1) is 59.7 Å². The van der Waals surface area contributed by atoms with Crippen molar-refractivity contribution in [1.82, 2.24) is 28.7 Å². The molecule has 8 nitrogen and oxygen atoms in total. The summed E-state index contributed by atoms with van der Waals surface area (Å²) in [6.45, 7) is 0.721. The predicted octanol–water partition coefficient (Wildman–Crippen LogP) is 5.49.